The predicted octanol–water partition coefficient (Wildman–Crippen LogP) is 3.01. The van der Waals surface area contributed by atoms with Gasteiger partial charge in [-0.15, -0.1) is 0 Å². The lowest BCUT2D eigenvalue weighted by Gasteiger charge is -2.40. The van der Waals surface area contributed by atoms with Crippen LogP contribution in [-0.4, -0.2) is 18.0 Å². The van der Waals surface area contributed by atoms with Crippen molar-refractivity contribution in [3.05, 3.63) is 22.7 Å². The number of fused-ring (bicyclic) bond motifs is 1. The Morgan fingerprint density at radius 3 is 2.69 bits per heavy atom. The maximum absolute atomic E-state index is 12.0. The molecule has 3 nitrogen and oxygen atoms in total. The average Bonchev–Trinajstić information content (AvgIpc) is 2.14. The summed E-state index contributed by atoms with van der Waals surface area (Å²) in [7, 11) is 0. The minimum Gasteiger partial charge on any atom is -0.374 e. The lowest BCUT2D eigenvalue weighted by atomic mass is 10.0. The van der Waals surface area contributed by atoms with Gasteiger partial charge in [0.25, 0.3) is 0 Å². The molecule has 1 aliphatic rings. The van der Waals surface area contributed by atoms with Crippen LogP contribution in [0.1, 0.15) is 20.8 Å². The SMILES string of the molecule is CC(C)(C)N1C(=O)CNc2ccc(Br)cc21. The van der Waals surface area contributed by atoms with Gasteiger partial charge in [0.15, 0.2) is 0 Å². The quantitative estimate of drug-likeness (QED) is 0.793. The van der Waals surface area contributed by atoms with E-state index in [2.05, 4.69) is 21.2 Å². The van der Waals surface area contributed by atoms with Crippen LogP contribution >= 0.6 is 15.9 Å². The van der Waals surface area contributed by atoms with Crippen LogP contribution in [-0.2, 0) is 4.79 Å². The Labute approximate surface area is 104 Å². The van der Waals surface area contributed by atoms with Crippen molar-refractivity contribution in [2.75, 3.05) is 16.8 Å². The first-order valence-corrected chi connectivity index (χ1v) is 6.05. The van der Waals surface area contributed by atoms with Crippen molar-refractivity contribution < 1.29 is 4.79 Å². The van der Waals surface area contributed by atoms with Crippen LogP contribution in [0, 0.1) is 0 Å². The molecule has 1 heterocycles. The highest BCUT2D eigenvalue weighted by molar-refractivity contribution is 9.10. The molecule has 0 saturated carbocycles. The van der Waals surface area contributed by atoms with E-state index in [1.807, 2.05) is 43.9 Å². The lowest BCUT2D eigenvalue weighted by Crippen LogP contribution is -2.50. The molecule has 16 heavy (non-hydrogen) atoms. The Morgan fingerprint density at radius 2 is 2.06 bits per heavy atom. The zero-order valence-corrected chi connectivity index (χ0v) is 11.3. The summed E-state index contributed by atoms with van der Waals surface area (Å²) in [6.07, 6.45) is 0. The smallest absolute Gasteiger partial charge is 0.246 e. The fraction of sp³-hybridized carbons (Fsp3) is 0.417. The predicted molar refractivity (Wildman–Crippen MR) is 69.9 cm³/mol. The van der Waals surface area contributed by atoms with E-state index in [9.17, 15) is 4.79 Å². The van der Waals surface area contributed by atoms with Crippen molar-refractivity contribution in [3.8, 4) is 0 Å². The minimum atomic E-state index is -0.200. The van der Waals surface area contributed by atoms with E-state index in [-0.39, 0.29) is 11.4 Å². The van der Waals surface area contributed by atoms with Gasteiger partial charge in [-0.2, -0.15) is 0 Å². The number of rotatable bonds is 0. The van der Waals surface area contributed by atoms with Crippen LogP contribution < -0.4 is 10.2 Å². The molecule has 0 bridgehead atoms. The summed E-state index contributed by atoms with van der Waals surface area (Å²) >= 11 is 3.44. The monoisotopic (exact) mass is 282 g/mol. The fourth-order valence-corrected chi connectivity index (χ4v) is 2.31. The standard InChI is InChI=1S/C12H15BrN2O/c1-12(2,3)15-10-6-8(13)4-5-9(10)14-7-11(15)16/h4-6,14H,7H2,1-3H3. The lowest BCUT2D eigenvalue weighted by molar-refractivity contribution is -0.118. The summed E-state index contributed by atoms with van der Waals surface area (Å²) in [4.78, 5) is 13.8. The Balaban J connectivity index is 2.55. The van der Waals surface area contributed by atoms with E-state index in [1.165, 1.54) is 0 Å². The van der Waals surface area contributed by atoms with Crippen LogP contribution in [0.4, 0.5) is 11.4 Å². The van der Waals surface area contributed by atoms with Crippen molar-refractivity contribution in [1.29, 1.82) is 0 Å². The number of nitrogens with zero attached hydrogens (tertiary/aromatic N) is 1. The number of carbonyl (C=O) groups is 1. The highest BCUT2D eigenvalue weighted by Crippen LogP contribution is 2.36. The molecular weight excluding hydrogens is 268 g/mol. The van der Waals surface area contributed by atoms with Gasteiger partial charge >= 0.3 is 0 Å². The molecule has 0 atom stereocenters. The van der Waals surface area contributed by atoms with Gasteiger partial charge in [0.2, 0.25) is 5.91 Å². The van der Waals surface area contributed by atoms with E-state index in [0.29, 0.717) is 6.54 Å². The third kappa shape index (κ3) is 1.94. The van der Waals surface area contributed by atoms with Crippen LogP contribution in [0.15, 0.2) is 22.7 Å². The number of halogens is 1. The number of hydrogen-bond acceptors (Lipinski definition) is 2. The number of hydrogen-bond donors (Lipinski definition) is 1. The molecule has 86 valence electrons. The molecule has 0 unspecified atom stereocenters. The first kappa shape index (κ1) is 11.5. The summed E-state index contributed by atoms with van der Waals surface area (Å²) in [5.74, 6) is 0.109. The van der Waals surface area contributed by atoms with Gasteiger partial charge in [-0.05, 0) is 39.0 Å². The zero-order chi connectivity index (χ0) is 11.9. The number of carbonyl (C=O) groups excluding carboxylic acids is 1. The number of amides is 1. The van der Waals surface area contributed by atoms with E-state index in [0.717, 1.165) is 15.8 Å². The highest BCUT2D eigenvalue weighted by atomic mass is 79.9. The molecule has 0 aromatic heterocycles. The fourth-order valence-electron chi connectivity index (χ4n) is 1.96. The summed E-state index contributed by atoms with van der Waals surface area (Å²) < 4.78 is 0.983. The van der Waals surface area contributed by atoms with Crippen LogP contribution in [0.25, 0.3) is 0 Å². The molecule has 0 radical (unpaired) electrons. The second kappa shape index (κ2) is 3.77. The molecule has 1 amide bonds. The summed E-state index contributed by atoms with van der Waals surface area (Å²) in [6.45, 7) is 6.49. The van der Waals surface area contributed by atoms with E-state index in [4.69, 9.17) is 0 Å². The van der Waals surface area contributed by atoms with Crippen LogP contribution in [0.3, 0.4) is 0 Å². The van der Waals surface area contributed by atoms with Gasteiger partial charge in [-0.3, -0.25) is 4.79 Å². The maximum Gasteiger partial charge on any atom is 0.246 e. The van der Waals surface area contributed by atoms with Crippen molar-refractivity contribution in [3.63, 3.8) is 0 Å². The molecule has 1 aromatic carbocycles. The Kier molecular flexibility index (Phi) is 2.70. The number of anilines is 2. The Hall–Kier alpha value is -1.03. The first-order chi connectivity index (χ1) is 7.39. The van der Waals surface area contributed by atoms with Gasteiger partial charge < -0.3 is 10.2 Å². The molecule has 0 spiro atoms. The molecule has 0 fully saturated rings. The van der Waals surface area contributed by atoms with Gasteiger partial charge in [0, 0.05) is 10.0 Å². The van der Waals surface area contributed by atoms with E-state index >= 15 is 0 Å². The van der Waals surface area contributed by atoms with Crippen molar-refractivity contribution >= 4 is 33.2 Å². The van der Waals surface area contributed by atoms with Crippen molar-refractivity contribution in [1.82, 2.24) is 0 Å². The zero-order valence-electron chi connectivity index (χ0n) is 9.67. The topological polar surface area (TPSA) is 32.3 Å². The van der Waals surface area contributed by atoms with E-state index < -0.39 is 0 Å². The molecule has 0 saturated heterocycles. The Morgan fingerprint density at radius 1 is 1.38 bits per heavy atom. The molecule has 1 N–H and O–H groups in total. The molecule has 1 aliphatic heterocycles. The van der Waals surface area contributed by atoms with Crippen molar-refractivity contribution in [2.45, 2.75) is 26.3 Å². The van der Waals surface area contributed by atoms with Crippen molar-refractivity contribution in [2.24, 2.45) is 0 Å². The molecule has 1 aromatic rings. The third-order valence-corrected chi connectivity index (χ3v) is 3.04. The maximum atomic E-state index is 12.0. The second-order valence-corrected chi connectivity index (χ2v) is 5.83. The van der Waals surface area contributed by atoms with Gasteiger partial charge in [0.05, 0.1) is 17.9 Å². The number of benzene rings is 1. The second-order valence-electron chi connectivity index (χ2n) is 4.91. The first-order valence-electron chi connectivity index (χ1n) is 5.26. The summed E-state index contributed by atoms with van der Waals surface area (Å²) in [6, 6.07) is 5.94. The van der Waals surface area contributed by atoms with Gasteiger partial charge in [-0.25, -0.2) is 0 Å². The van der Waals surface area contributed by atoms with E-state index in [1.54, 1.807) is 0 Å². The minimum absolute atomic E-state index is 0.109. The number of nitrogens with one attached hydrogen (secondary N) is 1. The molecule has 0 aliphatic carbocycles. The molecule has 4 heteroatoms. The van der Waals surface area contributed by atoms with Crippen LogP contribution in [0.5, 0.6) is 0 Å². The van der Waals surface area contributed by atoms with Crippen LogP contribution in [0.2, 0.25) is 0 Å². The summed E-state index contributed by atoms with van der Waals surface area (Å²) in [5.41, 5.74) is 1.75. The van der Waals surface area contributed by atoms with Gasteiger partial charge in [0.1, 0.15) is 0 Å². The highest BCUT2D eigenvalue weighted by Gasteiger charge is 2.32. The summed E-state index contributed by atoms with van der Waals surface area (Å²) in [5, 5.41) is 3.13. The largest absolute Gasteiger partial charge is 0.374 e. The molecule has 2 rings (SSSR count). The third-order valence-electron chi connectivity index (χ3n) is 2.55. The van der Waals surface area contributed by atoms with Gasteiger partial charge in [-0.1, -0.05) is 15.9 Å². The molecular formula is C12H15BrN2O. The normalized spacial score (nSPS) is 15.8. The Bertz CT molecular complexity index is 437. The average molecular weight is 283 g/mol.